The van der Waals surface area contributed by atoms with Crippen molar-refractivity contribution < 1.29 is 9.90 Å². The van der Waals surface area contributed by atoms with Crippen LogP contribution in [-0.4, -0.2) is 38.6 Å². The van der Waals surface area contributed by atoms with Crippen molar-refractivity contribution in [2.45, 2.75) is 39.2 Å². The predicted octanol–water partition coefficient (Wildman–Crippen LogP) is 1.28. The first-order valence-corrected chi connectivity index (χ1v) is 6.74. The van der Waals surface area contributed by atoms with Crippen LogP contribution in [0.25, 0.3) is 0 Å². The Labute approximate surface area is 114 Å². The molecule has 5 nitrogen and oxygen atoms in total. The molecular weight excluding hydrogens is 242 g/mol. The molecule has 0 aliphatic carbocycles. The van der Waals surface area contributed by atoms with Crippen molar-refractivity contribution in [1.29, 1.82) is 0 Å². The highest BCUT2D eigenvalue weighted by molar-refractivity contribution is 5.81. The van der Waals surface area contributed by atoms with Crippen LogP contribution < -0.4 is 0 Å². The first-order chi connectivity index (χ1) is 8.74. The van der Waals surface area contributed by atoms with Gasteiger partial charge in [-0.3, -0.25) is 4.79 Å². The number of hydrogen-bond donors (Lipinski definition) is 1. The molecule has 1 aliphatic heterocycles. The number of aromatic nitrogens is 2. The third-order valence-corrected chi connectivity index (χ3v) is 3.76. The molecule has 106 valence electrons. The molecule has 0 spiro atoms. The van der Waals surface area contributed by atoms with Gasteiger partial charge in [0.1, 0.15) is 11.4 Å². The van der Waals surface area contributed by atoms with Crippen LogP contribution in [0.1, 0.15) is 39.4 Å². The summed E-state index contributed by atoms with van der Waals surface area (Å²) in [4.78, 5) is 18.3. The van der Waals surface area contributed by atoms with Gasteiger partial charge in [-0.2, -0.15) is 0 Å². The van der Waals surface area contributed by atoms with Crippen molar-refractivity contribution in [2.75, 3.05) is 13.1 Å². The SMILES string of the molecule is Cn1ccnc1C1(O)CCN(C(=O)C(C)(C)C)CC1. The number of carbonyl (C=O) groups excluding carboxylic acids is 1. The molecule has 2 rings (SSSR count). The molecule has 0 bridgehead atoms. The van der Waals surface area contributed by atoms with Crippen LogP contribution in [0.5, 0.6) is 0 Å². The lowest BCUT2D eigenvalue weighted by molar-refractivity contribution is -0.144. The van der Waals surface area contributed by atoms with Gasteiger partial charge >= 0.3 is 0 Å². The number of aliphatic hydroxyl groups is 1. The van der Waals surface area contributed by atoms with E-state index in [-0.39, 0.29) is 11.3 Å². The number of likely N-dealkylation sites (tertiary alicyclic amines) is 1. The third kappa shape index (κ3) is 2.66. The molecular formula is C14H23N3O2. The molecule has 2 heterocycles. The molecule has 0 aromatic carbocycles. The number of hydrogen-bond acceptors (Lipinski definition) is 3. The topological polar surface area (TPSA) is 58.4 Å². The van der Waals surface area contributed by atoms with Crippen LogP contribution in [-0.2, 0) is 17.4 Å². The molecule has 1 fully saturated rings. The van der Waals surface area contributed by atoms with Crippen molar-refractivity contribution in [3.05, 3.63) is 18.2 Å². The van der Waals surface area contributed by atoms with E-state index in [9.17, 15) is 9.90 Å². The molecule has 0 radical (unpaired) electrons. The summed E-state index contributed by atoms with van der Waals surface area (Å²) in [5.74, 6) is 0.838. The number of nitrogens with zero attached hydrogens (tertiary/aromatic N) is 3. The lowest BCUT2D eigenvalue weighted by Gasteiger charge is -2.39. The standard InChI is InChI=1S/C14H23N3O2/c1-13(2,3)12(18)17-8-5-14(19,6-9-17)11-15-7-10-16(11)4/h7,10,19H,5-6,8-9H2,1-4H3. The monoisotopic (exact) mass is 265 g/mol. The minimum Gasteiger partial charge on any atom is -0.382 e. The Kier molecular flexibility index (Phi) is 3.43. The van der Waals surface area contributed by atoms with Gasteiger partial charge in [0, 0.05) is 50.8 Å². The van der Waals surface area contributed by atoms with E-state index >= 15 is 0 Å². The zero-order valence-corrected chi connectivity index (χ0v) is 12.2. The third-order valence-electron chi connectivity index (χ3n) is 3.76. The summed E-state index contributed by atoms with van der Waals surface area (Å²) in [6, 6.07) is 0. The quantitative estimate of drug-likeness (QED) is 0.832. The minimum atomic E-state index is -0.910. The number of aryl methyl sites for hydroxylation is 1. The van der Waals surface area contributed by atoms with E-state index in [0.29, 0.717) is 31.8 Å². The van der Waals surface area contributed by atoms with Gasteiger partial charge in [0.05, 0.1) is 0 Å². The molecule has 1 aromatic rings. The van der Waals surface area contributed by atoms with Gasteiger partial charge in [-0.05, 0) is 0 Å². The number of carbonyl (C=O) groups is 1. The van der Waals surface area contributed by atoms with Gasteiger partial charge in [0.2, 0.25) is 5.91 Å². The first-order valence-electron chi connectivity index (χ1n) is 6.74. The fourth-order valence-electron chi connectivity index (χ4n) is 2.59. The van der Waals surface area contributed by atoms with Gasteiger partial charge in [-0.1, -0.05) is 20.8 Å². The van der Waals surface area contributed by atoms with Crippen LogP contribution in [0.2, 0.25) is 0 Å². The number of amides is 1. The van der Waals surface area contributed by atoms with E-state index in [1.165, 1.54) is 0 Å². The molecule has 1 aliphatic rings. The fraction of sp³-hybridized carbons (Fsp3) is 0.714. The highest BCUT2D eigenvalue weighted by atomic mass is 16.3. The lowest BCUT2D eigenvalue weighted by Crippen LogP contribution is -2.49. The van der Waals surface area contributed by atoms with Gasteiger partial charge in [-0.25, -0.2) is 4.98 Å². The Balaban J connectivity index is 2.07. The largest absolute Gasteiger partial charge is 0.382 e. The molecule has 5 heteroatoms. The second-order valence-corrected chi connectivity index (χ2v) is 6.44. The zero-order valence-electron chi connectivity index (χ0n) is 12.2. The Morgan fingerprint density at radius 2 is 1.95 bits per heavy atom. The molecule has 19 heavy (non-hydrogen) atoms. The van der Waals surface area contributed by atoms with E-state index < -0.39 is 5.60 Å². The van der Waals surface area contributed by atoms with Crippen molar-refractivity contribution in [3.8, 4) is 0 Å². The van der Waals surface area contributed by atoms with Crippen LogP contribution in [0.15, 0.2) is 12.4 Å². The van der Waals surface area contributed by atoms with E-state index in [2.05, 4.69) is 4.98 Å². The molecule has 0 unspecified atom stereocenters. The van der Waals surface area contributed by atoms with Gasteiger partial charge in [0.15, 0.2) is 0 Å². The predicted molar refractivity (Wildman–Crippen MR) is 72.4 cm³/mol. The maximum absolute atomic E-state index is 12.2. The van der Waals surface area contributed by atoms with E-state index in [4.69, 9.17) is 0 Å². The van der Waals surface area contributed by atoms with Crippen molar-refractivity contribution in [2.24, 2.45) is 12.5 Å². The molecule has 1 N–H and O–H groups in total. The Bertz CT molecular complexity index is 465. The smallest absolute Gasteiger partial charge is 0.227 e. The average molecular weight is 265 g/mol. The summed E-state index contributed by atoms with van der Waals surface area (Å²) in [7, 11) is 1.88. The van der Waals surface area contributed by atoms with Gasteiger partial charge in [-0.15, -0.1) is 0 Å². The molecule has 0 atom stereocenters. The highest BCUT2D eigenvalue weighted by Gasteiger charge is 2.40. The summed E-state index contributed by atoms with van der Waals surface area (Å²) < 4.78 is 1.85. The first kappa shape index (κ1) is 14.1. The normalized spacial score (nSPS) is 19.5. The maximum atomic E-state index is 12.2. The molecule has 1 saturated heterocycles. The summed E-state index contributed by atoms with van der Waals surface area (Å²) in [6.45, 7) is 6.94. The van der Waals surface area contributed by atoms with Crippen LogP contribution in [0.4, 0.5) is 0 Å². The summed E-state index contributed by atoms with van der Waals surface area (Å²) in [6.07, 6.45) is 4.61. The van der Waals surface area contributed by atoms with Crippen molar-refractivity contribution in [3.63, 3.8) is 0 Å². The second kappa shape index (κ2) is 4.63. The summed E-state index contributed by atoms with van der Waals surface area (Å²) >= 11 is 0. The zero-order chi connectivity index (χ0) is 14.3. The van der Waals surface area contributed by atoms with E-state index in [1.54, 1.807) is 6.20 Å². The van der Waals surface area contributed by atoms with Gasteiger partial charge < -0.3 is 14.6 Å². The maximum Gasteiger partial charge on any atom is 0.227 e. The Hall–Kier alpha value is -1.36. The van der Waals surface area contributed by atoms with Crippen LogP contribution >= 0.6 is 0 Å². The molecule has 1 aromatic heterocycles. The molecule has 0 saturated carbocycles. The molecule has 1 amide bonds. The van der Waals surface area contributed by atoms with Gasteiger partial charge in [0.25, 0.3) is 0 Å². The van der Waals surface area contributed by atoms with Crippen molar-refractivity contribution >= 4 is 5.91 Å². The Morgan fingerprint density at radius 1 is 1.37 bits per heavy atom. The number of piperidine rings is 1. The summed E-state index contributed by atoms with van der Waals surface area (Å²) in [5, 5.41) is 10.7. The number of imidazole rings is 1. The van der Waals surface area contributed by atoms with Crippen LogP contribution in [0, 0.1) is 5.41 Å². The minimum absolute atomic E-state index is 0.148. The summed E-state index contributed by atoms with van der Waals surface area (Å²) in [5.41, 5.74) is -1.27. The lowest BCUT2D eigenvalue weighted by atomic mass is 9.88. The van der Waals surface area contributed by atoms with Crippen molar-refractivity contribution in [1.82, 2.24) is 14.5 Å². The fourth-order valence-corrected chi connectivity index (χ4v) is 2.59. The van der Waals surface area contributed by atoms with E-state index in [1.807, 2.05) is 43.5 Å². The van der Waals surface area contributed by atoms with E-state index in [0.717, 1.165) is 0 Å². The Morgan fingerprint density at radius 3 is 2.37 bits per heavy atom. The second-order valence-electron chi connectivity index (χ2n) is 6.44. The number of rotatable bonds is 1. The van der Waals surface area contributed by atoms with Crippen LogP contribution in [0.3, 0.4) is 0 Å². The highest BCUT2D eigenvalue weighted by Crippen LogP contribution is 2.32. The average Bonchev–Trinajstić information content (AvgIpc) is 2.75.